The zero-order chi connectivity index (χ0) is 11.5. The minimum absolute atomic E-state index is 0.581. The molecule has 1 fully saturated rings. The summed E-state index contributed by atoms with van der Waals surface area (Å²) in [6.45, 7) is 2.09. The lowest BCUT2D eigenvalue weighted by molar-refractivity contribution is 0.414. The first-order valence-corrected chi connectivity index (χ1v) is 6.34. The minimum Gasteiger partial charge on any atom is -0.354 e. The van der Waals surface area contributed by atoms with Gasteiger partial charge in [-0.25, -0.2) is 4.98 Å². The molecule has 0 spiro atoms. The van der Waals surface area contributed by atoms with Crippen LogP contribution in [0.5, 0.6) is 0 Å². The molecule has 0 bridgehead atoms. The topological polar surface area (TPSA) is 52.7 Å². The van der Waals surface area contributed by atoms with Gasteiger partial charge in [-0.1, -0.05) is 18.6 Å². The van der Waals surface area contributed by atoms with Crippen LogP contribution in [0.15, 0.2) is 24.3 Å². The summed E-state index contributed by atoms with van der Waals surface area (Å²) in [7, 11) is 0. The number of piperidine rings is 1. The lowest BCUT2D eigenvalue weighted by atomic mass is 10.1. The van der Waals surface area contributed by atoms with Crippen LogP contribution in [0.1, 0.15) is 19.3 Å². The number of nitrogens with zero attached hydrogens (tertiary/aromatic N) is 1. The molecular weight excluding hydrogens is 212 g/mol. The van der Waals surface area contributed by atoms with Gasteiger partial charge in [-0.3, -0.25) is 0 Å². The van der Waals surface area contributed by atoms with Crippen molar-refractivity contribution in [1.82, 2.24) is 15.3 Å². The van der Waals surface area contributed by atoms with Gasteiger partial charge in [-0.15, -0.1) is 0 Å². The van der Waals surface area contributed by atoms with Crippen molar-refractivity contribution in [1.29, 1.82) is 0 Å². The van der Waals surface area contributed by atoms with Gasteiger partial charge in [-0.2, -0.15) is 0 Å². The summed E-state index contributed by atoms with van der Waals surface area (Å²) in [5.41, 5.74) is 2.11. The number of para-hydroxylation sites is 2. The van der Waals surface area contributed by atoms with Gasteiger partial charge < -0.3 is 15.6 Å². The van der Waals surface area contributed by atoms with Crippen LogP contribution in [-0.4, -0.2) is 29.1 Å². The number of benzene rings is 1. The molecule has 0 radical (unpaired) electrons. The summed E-state index contributed by atoms with van der Waals surface area (Å²) in [5.74, 6) is 0.874. The molecule has 2 aromatic rings. The van der Waals surface area contributed by atoms with Crippen LogP contribution in [0, 0.1) is 0 Å². The van der Waals surface area contributed by atoms with E-state index < -0.39 is 0 Å². The zero-order valence-electron chi connectivity index (χ0n) is 9.87. The van der Waals surface area contributed by atoms with Gasteiger partial charge in [0.1, 0.15) is 0 Å². The number of rotatable bonds is 3. The van der Waals surface area contributed by atoms with E-state index in [0.29, 0.717) is 6.04 Å². The first-order chi connectivity index (χ1) is 8.42. The Balaban J connectivity index is 1.64. The summed E-state index contributed by atoms with van der Waals surface area (Å²) in [4.78, 5) is 7.79. The highest BCUT2D eigenvalue weighted by atomic mass is 15.1. The molecule has 90 valence electrons. The SMILES string of the molecule is c1ccc2[nH]c(NCC3CCCCN3)nc2c1. The maximum Gasteiger partial charge on any atom is 0.201 e. The zero-order valence-corrected chi connectivity index (χ0v) is 9.87. The fraction of sp³-hybridized carbons (Fsp3) is 0.462. The van der Waals surface area contributed by atoms with Crippen LogP contribution < -0.4 is 10.6 Å². The van der Waals surface area contributed by atoms with Gasteiger partial charge in [0.15, 0.2) is 0 Å². The van der Waals surface area contributed by atoms with Crippen molar-refractivity contribution in [3.63, 3.8) is 0 Å². The average Bonchev–Trinajstić information content (AvgIpc) is 2.80. The highest BCUT2D eigenvalue weighted by molar-refractivity contribution is 5.77. The fourth-order valence-corrected chi connectivity index (χ4v) is 2.35. The lowest BCUT2D eigenvalue weighted by Gasteiger charge is -2.23. The Labute approximate surface area is 101 Å². The number of aromatic amines is 1. The van der Waals surface area contributed by atoms with Crippen LogP contribution in [0.4, 0.5) is 5.95 Å². The predicted molar refractivity (Wildman–Crippen MR) is 70.2 cm³/mol. The van der Waals surface area contributed by atoms with E-state index in [1.807, 2.05) is 24.3 Å². The number of aromatic nitrogens is 2. The molecule has 1 aromatic heterocycles. The summed E-state index contributed by atoms with van der Waals surface area (Å²) in [6, 6.07) is 8.68. The number of H-pyrrole nitrogens is 1. The molecule has 1 aliphatic rings. The van der Waals surface area contributed by atoms with Crippen LogP contribution >= 0.6 is 0 Å². The third-order valence-electron chi connectivity index (χ3n) is 3.32. The van der Waals surface area contributed by atoms with Gasteiger partial charge in [0.25, 0.3) is 0 Å². The van der Waals surface area contributed by atoms with Crippen molar-refractivity contribution in [2.45, 2.75) is 25.3 Å². The molecule has 1 saturated heterocycles. The molecule has 0 saturated carbocycles. The second kappa shape index (κ2) is 4.75. The average molecular weight is 230 g/mol. The van der Waals surface area contributed by atoms with Crippen LogP contribution in [0.2, 0.25) is 0 Å². The molecule has 1 aromatic carbocycles. The van der Waals surface area contributed by atoms with Crippen molar-refractivity contribution < 1.29 is 0 Å². The van der Waals surface area contributed by atoms with E-state index in [4.69, 9.17) is 0 Å². The second-order valence-corrected chi connectivity index (χ2v) is 4.63. The first kappa shape index (κ1) is 10.6. The fourth-order valence-electron chi connectivity index (χ4n) is 2.35. The summed E-state index contributed by atoms with van der Waals surface area (Å²) in [5, 5.41) is 6.89. The molecule has 17 heavy (non-hydrogen) atoms. The maximum absolute atomic E-state index is 4.50. The van der Waals surface area contributed by atoms with E-state index in [0.717, 1.165) is 30.1 Å². The Morgan fingerprint density at radius 2 is 2.24 bits per heavy atom. The van der Waals surface area contributed by atoms with Crippen molar-refractivity contribution in [2.24, 2.45) is 0 Å². The number of nitrogens with one attached hydrogen (secondary N) is 3. The number of anilines is 1. The Hall–Kier alpha value is -1.55. The Morgan fingerprint density at radius 1 is 1.29 bits per heavy atom. The van der Waals surface area contributed by atoms with Crippen molar-refractivity contribution in [2.75, 3.05) is 18.4 Å². The Morgan fingerprint density at radius 3 is 3.06 bits per heavy atom. The van der Waals surface area contributed by atoms with Crippen LogP contribution in [0.3, 0.4) is 0 Å². The molecule has 4 nitrogen and oxygen atoms in total. The summed E-state index contributed by atoms with van der Waals surface area (Å²) >= 11 is 0. The molecule has 0 amide bonds. The first-order valence-electron chi connectivity index (χ1n) is 6.34. The largest absolute Gasteiger partial charge is 0.354 e. The minimum atomic E-state index is 0.581. The highest BCUT2D eigenvalue weighted by Crippen LogP contribution is 2.14. The predicted octanol–water partition coefficient (Wildman–Crippen LogP) is 2.12. The number of hydrogen-bond acceptors (Lipinski definition) is 3. The molecular formula is C13H18N4. The van der Waals surface area contributed by atoms with Gasteiger partial charge >= 0.3 is 0 Å². The summed E-state index contributed by atoms with van der Waals surface area (Å²) < 4.78 is 0. The van der Waals surface area contributed by atoms with Crippen molar-refractivity contribution in [3.05, 3.63) is 24.3 Å². The molecule has 1 atom stereocenters. The molecule has 1 unspecified atom stereocenters. The van der Waals surface area contributed by atoms with Gasteiger partial charge in [0.2, 0.25) is 5.95 Å². The Bertz CT molecular complexity index is 452. The van der Waals surface area contributed by atoms with E-state index in [-0.39, 0.29) is 0 Å². The van der Waals surface area contributed by atoms with E-state index in [2.05, 4.69) is 20.6 Å². The van der Waals surface area contributed by atoms with Crippen LogP contribution in [-0.2, 0) is 0 Å². The maximum atomic E-state index is 4.50. The van der Waals surface area contributed by atoms with E-state index in [1.54, 1.807) is 0 Å². The third-order valence-corrected chi connectivity index (χ3v) is 3.32. The van der Waals surface area contributed by atoms with E-state index in [9.17, 15) is 0 Å². The van der Waals surface area contributed by atoms with Crippen molar-refractivity contribution in [3.8, 4) is 0 Å². The van der Waals surface area contributed by atoms with E-state index in [1.165, 1.54) is 19.3 Å². The number of hydrogen-bond donors (Lipinski definition) is 3. The van der Waals surface area contributed by atoms with Gasteiger partial charge in [0.05, 0.1) is 11.0 Å². The lowest BCUT2D eigenvalue weighted by Crippen LogP contribution is -2.39. The number of fused-ring (bicyclic) bond motifs is 1. The van der Waals surface area contributed by atoms with Crippen LogP contribution in [0.25, 0.3) is 11.0 Å². The molecule has 0 aliphatic carbocycles. The van der Waals surface area contributed by atoms with E-state index >= 15 is 0 Å². The molecule has 3 N–H and O–H groups in total. The molecule has 4 heteroatoms. The monoisotopic (exact) mass is 230 g/mol. The number of imidazole rings is 1. The standard InChI is InChI=1S/C13H18N4/c1-2-7-12-11(6-1)16-13(17-12)15-9-10-5-3-4-8-14-10/h1-2,6-7,10,14H,3-5,8-9H2,(H2,15,16,17). The second-order valence-electron chi connectivity index (χ2n) is 4.63. The van der Waals surface area contributed by atoms with Crippen molar-refractivity contribution >= 4 is 17.0 Å². The van der Waals surface area contributed by atoms with Gasteiger partial charge in [-0.05, 0) is 31.5 Å². The quantitative estimate of drug-likeness (QED) is 0.757. The third kappa shape index (κ3) is 2.42. The normalized spacial score (nSPS) is 20.6. The summed E-state index contributed by atoms with van der Waals surface area (Å²) in [6.07, 6.45) is 3.90. The Kier molecular flexibility index (Phi) is 2.96. The van der Waals surface area contributed by atoms with Gasteiger partial charge in [0, 0.05) is 12.6 Å². The highest BCUT2D eigenvalue weighted by Gasteiger charge is 2.12. The molecule has 1 aliphatic heterocycles. The molecule has 3 rings (SSSR count). The smallest absolute Gasteiger partial charge is 0.201 e. The molecule has 2 heterocycles.